The summed E-state index contributed by atoms with van der Waals surface area (Å²) < 4.78 is 0. The van der Waals surface area contributed by atoms with Crippen LogP contribution in [0.2, 0.25) is 0 Å². The summed E-state index contributed by atoms with van der Waals surface area (Å²) in [5.74, 6) is -2.55. The average molecular weight is 442 g/mol. The van der Waals surface area contributed by atoms with Crippen LogP contribution in [0.1, 0.15) is 46.0 Å². The van der Waals surface area contributed by atoms with Crippen molar-refractivity contribution in [3.8, 4) is 0 Å². The lowest BCUT2D eigenvalue weighted by Gasteiger charge is -2.25. The Kier molecular flexibility index (Phi) is 11.3. The number of carbonyl (C=O) groups is 4. The summed E-state index contributed by atoms with van der Waals surface area (Å²) in [6.45, 7) is 4.28. The van der Waals surface area contributed by atoms with Crippen LogP contribution in [0.25, 0.3) is 0 Å². The smallest absolute Gasteiger partial charge is 0.322 e. The molecule has 9 N–H and O–H groups in total. The van der Waals surface area contributed by atoms with Crippen molar-refractivity contribution in [2.45, 2.75) is 64.1 Å². The summed E-state index contributed by atoms with van der Waals surface area (Å²) in [5, 5.41) is 19.6. The predicted molar refractivity (Wildman–Crippen MR) is 115 cm³/mol. The monoisotopic (exact) mass is 441 g/mol. The van der Waals surface area contributed by atoms with Crippen molar-refractivity contribution in [1.82, 2.24) is 21.3 Å². The Morgan fingerprint density at radius 1 is 1.13 bits per heavy atom. The van der Waals surface area contributed by atoms with E-state index in [9.17, 15) is 19.2 Å². The SMILES string of the molecule is CC(C)CC(NC(=O)C1CCCN1)C(=O)NC(CCCN=C(N)N)C(=O)NCC(=O)O. The van der Waals surface area contributed by atoms with Crippen LogP contribution in [-0.2, 0) is 19.2 Å². The highest BCUT2D eigenvalue weighted by Gasteiger charge is 2.30. The van der Waals surface area contributed by atoms with E-state index in [2.05, 4.69) is 26.3 Å². The molecule has 0 aromatic rings. The maximum absolute atomic E-state index is 12.9. The molecular weight excluding hydrogens is 406 g/mol. The van der Waals surface area contributed by atoms with Gasteiger partial charge in [0.05, 0.1) is 6.04 Å². The third-order valence-electron chi connectivity index (χ3n) is 4.71. The molecular formula is C19H35N7O5. The first-order chi connectivity index (χ1) is 14.6. The fourth-order valence-corrected chi connectivity index (χ4v) is 3.21. The lowest BCUT2D eigenvalue weighted by molar-refractivity contribution is -0.138. The van der Waals surface area contributed by atoms with Crippen molar-refractivity contribution in [3.05, 3.63) is 0 Å². The number of aliphatic carboxylic acids is 1. The van der Waals surface area contributed by atoms with Gasteiger partial charge in [0.15, 0.2) is 5.96 Å². The number of carbonyl (C=O) groups excluding carboxylic acids is 3. The van der Waals surface area contributed by atoms with Crippen molar-refractivity contribution in [2.75, 3.05) is 19.6 Å². The molecule has 3 unspecified atom stereocenters. The predicted octanol–water partition coefficient (Wildman–Crippen LogP) is -1.99. The molecule has 1 fully saturated rings. The highest BCUT2D eigenvalue weighted by atomic mass is 16.4. The molecule has 0 aromatic heterocycles. The third kappa shape index (κ3) is 10.6. The molecule has 0 aliphatic carbocycles. The molecule has 12 heteroatoms. The van der Waals surface area contributed by atoms with E-state index in [1.54, 1.807) is 0 Å². The number of nitrogens with two attached hydrogens (primary N) is 2. The Hall–Kier alpha value is -2.89. The van der Waals surface area contributed by atoms with E-state index in [0.717, 1.165) is 13.0 Å². The van der Waals surface area contributed by atoms with E-state index in [-0.39, 0.29) is 36.8 Å². The normalized spacial score (nSPS) is 17.5. The first-order valence-corrected chi connectivity index (χ1v) is 10.5. The molecule has 3 amide bonds. The van der Waals surface area contributed by atoms with Crippen LogP contribution in [0.15, 0.2) is 4.99 Å². The molecule has 12 nitrogen and oxygen atoms in total. The van der Waals surface area contributed by atoms with E-state index in [0.29, 0.717) is 19.3 Å². The summed E-state index contributed by atoms with van der Waals surface area (Å²) in [4.78, 5) is 52.4. The van der Waals surface area contributed by atoms with E-state index in [1.807, 2.05) is 13.8 Å². The Balaban J connectivity index is 2.81. The Morgan fingerprint density at radius 3 is 2.39 bits per heavy atom. The zero-order chi connectivity index (χ0) is 23.4. The van der Waals surface area contributed by atoms with Crippen molar-refractivity contribution >= 4 is 29.7 Å². The molecule has 0 saturated carbocycles. The number of carboxylic acid groups (broad SMARTS) is 1. The number of hydrogen-bond acceptors (Lipinski definition) is 6. The van der Waals surface area contributed by atoms with Gasteiger partial charge >= 0.3 is 5.97 Å². The summed E-state index contributed by atoms with van der Waals surface area (Å²) in [7, 11) is 0. The summed E-state index contributed by atoms with van der Waals surface area (Å²) in [6, 6.07) is -2.14. The van der Waals surface area contributed by atoms with Crippen LogP contribution in [0.4, 0.5) is 0 Å². The van der Waals surface area contributed by atoms with Gasteiger partial charge < -0.3 is 37.8 Å². The Labute approximate surface area is 182 Å². The van der Waals surface area contributed by atoms with Crippen LogP contribution in [0.5, 0.6) is 0 Å². The molecule has 176 valence electrons. The largest absolute Gasteiger partial charge is 0.480 e. The second kappa shape index (κ2) is 13.4. The first-order valence-electron chi connectivity index (χ1n) is 10.5. The molecule has 1 aliphatic heterocycles. The van der Waals surface area contributed by atoms with Gasteiger partial charge in [0, 0.05) is 6.54 Å². The minimum absolute atomic E-state index is 0.0869. The first kappa shape index (κ1) is 26.1. The minimum atomic E-state index is -1.20. The van der Waals surface area contributed by atoms with Crippen LogP contribution in [-0.4, -0.2) is 72.5 Å². The van der Waals surface area contributed by atoms with Gasteiger partial charge in [0.2, 0.25) is 17.7 Å². The molecule has 1 rings (SSSR count). The molecule has 1 saturated heterocycles. The fraction of sp³-hybridized carbons (Fsp3) is 0.737. The van der Waals surface area contributed by atoms with Crippen LogP contribution >= 0.6 is 0 Å². The van der Waals surface area contributed by atoms with Crippen molar-refractivity contribution in [2.24, 2.45) is 22.4 Å². The molecule has 0 radical (unpaired) electrons. The Bertz CT molecular complexity index is 658. The third-order valence-corrected chi connectivity index (χ3v) is 4.71. The van der Waals surface area contributed by atoms with E-state index in [4.69, 9.17) is 16.6 Å². The second-order valence-electron chi connectivity index (χ2n) is 7.96. The van der Waals surface area contributed by atoms with Crippen LogP contribution in [0, 0.1) is 5.92 Å². The van der Waals surface area contributed by atoms with Crippen LogP contribution < -0.4 is 32.7 Å². The minimum Gasteiger partial charge on any atom is -0.480 e. The quantitative estimate of drug-likeness (QED) is 0.0966. The highest BCUT2D eigenvalue weighted by molar-refractivity contribution is 5.93. The number of hydrogen-bond donors (Lipinski definition) is 7. The van der Waals surface area contributed by atoms with Gasteiger partial charge in [-0.25, -0.2) is 0 Å². The number of nitrogens with one attached hydrogen (secondary N) is 4. The average Bonchev–Trinajstić information content (AvgIpc) is 3.22. The van der Waals surface area contributed by atoms with Gasteiger partial charge in [-0.3, -0.25) is 24.2 Å². The zero-order valence-corrected chi connectivity index (χ0v) is 18.1. The number of nitrogens with zero attached hydrogens (tertiary/aromatic N) is 1. The zero-order valence-electron chi connectivity index (χ0n) is 18.1. The van der Waals surface area contributed by atoms with Gasteiger partial charge in [-0.05, 0) is 44.6 Å². The van der Waals surface area contributed by atoms with Crippen LogP contribution in [0.3, 0.4) is 0 Å². The summed E-state index contributed by atoms with van der Waals surface area (Å²) >= 11 is 0. The maximum atomic E-state index is 12.9. The van der Waals surface area contributed by atoms with Crippen molar-refractivity contribution < 1.29 is 24.3 Å². The van der Waals surface area contributed by atoms with E-state index in [1.165, 1.54) is 0 Å². The molecule has 1 heterocycles. The molecule has 3 atom stereocenters. The molecule has 1 aliphatic rings. The summed E-state index contributed by atoms with van der Waals surface area (Å²) in [5.41, 5.74) is 10.6. The molecule has 31 heavy (non-hydrogen) atoms. The number of rotatable bonds is 13. The standard InChI is InChI=1S/C19H35N7O5/c1-11(2)9-14(26-17(30)12-5-3-7-22-12)18(31)25-13(6-4-8-23-19(20)21)16(29)24-10-15(27)28/h11-14,22H,3-10H2,1-2H3,(H,24,29)(H,25,31)(H,26,30)(H,27,28)(H4,20,21,23). The Morgan fingerprint density at radius 2 is 1.84 bits per heavy atom. The molecule has 0 spiro atoms. The van der Waals surface area contributed by atoms with Gasteiger partial charge in [0.25, 0.3) is 0 Å². The van der Waals surface area contributed by atoms with Crippen molar-refractivity contribution in [3.63, 3.8) is 0 Å². The fourth-order valence-electron chi connectivity index (χ4n) is 3.21. The van der Waals surface area contributed by atoms with E-state index < -0.39 is 36.4 Å². The summed E-state index contributed by atoms with van der Waals surface area (Å²) in [6.07, 6.45) is 2.56. The maximum Gasteiger partial charge on any atom is 0.322 e. The molecule has 0 bridgehead atoms. The van der Waals surface area contributed by atoms with E-state index >= 15 is 0 Å². The van der Waals surface area contributed by atoms with Gasteiger partial charge in [-0.2, -0.15) is 0 Å². The van der Waals surface area contributed by atoms with Crippen molar-refractivity contribution in [1.29, 1.82) is 0 Å². The number of aliphatic imine (C=N–C) groups is 1. The number of amides is 3. The second-order valence-corrected chi connectivity index (χ2v) is 7.96. The number of carboxylic acids is 1. The van der Waals surface area contributed by atoms with Gasteiger partial charge in [0.1, 0.15) is 18.6 Å². The van der Waals surface area contributed by atoms with Gasteiger partial charge in [-0.1, -0.05) is 13.8 Å². The topological polar surface area (TPSA) is 201 Å². The highest BCUT2D eigenvalue weighted by Crippen LogP contribution is 2.10. The number of guanidine groups is 1. The molecule has 0 aromatic carbocycles. The lowest BCUT2D eigenvalue weighted by atomic mass is 10.0. The van der Waals surface area contributed by atoms with Gasteiger partial charge in [-0.15, -0.1) is 0 Å². The lowest BCUT2D eigenvalue weighted by Crippen LogP contribution is -2.56.